The Morgan fingerprint density at radius 1 is 1.03 bits per heavy atom. The summed E-state index contributed by atoms with van der Waals surface area (Å²) in [5.41, 5.74) is 1.39. The lowest BCUT2D eigenvalue weighted by Crippen LogP contribution is -2.50. The van der Waals surface area contributed by atoms with Crippen LogP contribution < -0.4 is 10.5 Å². The Morgan fingerprint density at radius 3 is 2.45 bits per heavy atom. The van der Waals surface area contributed by atoms with Gasteiger partial charge in [-0.05, 0) is 37.3 Å². The number of nitrogens with zero attached hydrogens (tertiary/aromatic N) is 4. The minimum absolute atomic E-state index is 0.155. The third-order valence-corrected chi connectivity index (χ3v) is 7.25. The van der Waals surface area contributed by atoms with Crippen molar-refractivity contribution in [3.63, 3.8) is 0 Å². The number of sulfonamides is 1. The Labute approximate surface area is 174 Å². The van der Waals surface area contributed by atoms with Crippen molar-refractivity contribution in [2.24, 2.45) is 0 Å². The molecule has 4 rings (SSSR count). The van der Waals surface area contributed by atoms with Crippen molar-refractivity contribution >= 4 is 38.5 Å². The first kappa shape index (κ1) is 19.9. The summed E-state index contributed by atoms with van der Waals surface area (Å²) in [7, 11) is -3.63. The van der Waals surface area contributed by atoms with Crippen LogP contribution in [0.15, 0.2) is 58.2 Å². The minimum atomic E-state index is -3.63. The molecule has 1 fully saturated rings. The SMILES string of the molecule is CCn1c(=O)c(N2CCN(S(=O)(=O)c3cccc(Cl)c3)CC2)nc2ccccc21. The van der Waals surface area contributed by atoms with E-state index < -0.39 is 10.0 Å². The second-order valence-corrected chi connectivity index (χ2v) is 9.20. The van der Waals surface area contributed by atoms with E-state index >= 15 is 0 Å². The molecule has 0 unspecified atom stereocenters. The maximum absolute atomic E-state index is 13.0. The summed E-state index contributed by atoms with van der Waals surface area (Å²) in [6, 6.07) is 13.8. The Balaban J connectivity index is 1.61. The van der Waals surface area contributed by atoms with Crippen LogP contribution in [-0.2, 0) is 16.6 Å². The molecule has 2 aromatic carbocycles. The summed E-state index contributed by atoms with van der Waals surface area (Å²) in [6.07, 6.45) is 0. The van der Waals surface area contributed by atoms with Gasteiger partial charge in [0.2, 0.25) is 10.0 Å². The largest absolute Gasteiger partial charge is 0.349 e. The molecule has 9 heteroatoms. The van der Waals surface area contributed by atoms with Gasteiger partial charge in [0.25, 0.3) is 5.56 Å². The van der Waals surface area contributed by atoms with Gasteiger partial charge in [0.05, 0.1) is 15.9 Å². The van der Waals surface area contributed by atoms with Gasteiger partial charge in [-0.2, -0.15) is 4.31 Å². The third-order valence-electron chi connectivity index (χ3n) is 5.12. The number of piperazine rings is 1. The minimum Gasteiger partial charge on any atom is -0.349 e. The zero-order valence-electron chi connectivity index (χ0n) is 16.0. The molecular weight excluding hydrogens is 412 g/mol. The fraction of sp³-hybridized carbons (Fsp3) is 0.300. The van der Waals surface area contributed by atoms with Crippen LogP contribution >= 0.6 is 11.6 Å². The molecule has 0 atom stereocenters. The molecule has 7 nitrogen and oxygen atoms in total. The fourth-order valence-corrected chi connectivity index (χ4v) is 5.34. The molecule has 3 aromatic rings. The highest BCUT2D eigenvalue weighted by atomic mass is 35.5. The predicted octanol–water partition coefficient (Wildman–Crippen LogP) is 2.58. The van der Waals surface area contributed by atoms with Crippen molar-refractivity contribution in [2.45, 2.75) is 18.4 Å². The van der Waals surface area contributed by atoms with Crippen LogP contribution in [0.4, 0.5) is 5.82 Å². The molecule has 0 spiro atoms. The van der Waals surface area contributed by atoms with E-state index in [0.29, 0.717) is 30.5 Å². The van der Waals surface area contributed by atoms with Crippen LogP contribution in [-0.4, -0.2) is 48.5 Å². The normalized spacial score (nSPS) is 15.7. The first-order chi connectivity index (χ1) is 13.9. The molecule has 152 valence electrons. The number of benzene rings is 2. The zero-order chi connectivity index (χ0) is 20.6. The van der Waals surface area contributed by atoms with Crippen LogP contribution in [0, 0.1) is 0 Å². The second-order valence-electron chi connectivity index (χ2n) is 6.82. The maximum atomic E-state index is 13.0. The Bertz CT molecular complexity index is 1220. The molecule has 2 heterocycles. The van der Waals surface area contributed by atoms with Crippen LogP contribution in [0.25, 0.3) is 11.0 Å². The Kier molecular flexibility index (Phi) is 5.33. The molecular formula is C20H21ClN4O3S. The first-order valence-corrected chi connectivity index (χ1v) is 11.2. The lowest BCUT2D eigenvalue weighted by atomic mass is 10.3. The van der Waals surface area contributed by atoms with Gasteiger partial charge in [0.1, 0.15) is 0 Å². The number of para-hydroxylation sites is 2. The highest BCUT2D eigenvalue weighted by Crippen LogP contribution is 2.22. The monoisotopic (exact) mass is 432 g/mol. The van der Waals surface area contributed by atoms with Gasteiger partial charge in [-0.25, -0.2) is 13.4 Å². The molecule has 1 aliphatic rings. The number of rotatable bonds is 4. The summed E-state index contributed by atoms with van der Waals surface area (Å²) in [5, 5.41) is 0.380. The molecule has 0 amide bonds. The summed E-state index contributed by atoms with van der Waals surface area (Å²) in [4.78, 5) is 19.6. The summed E-state index contributed by atoms with van der Waals surface area (Å²) in [5.74, 6) is 0.366. The second kappa shape index (κ2) is 7.78. The number of hydrogen-bond acceptors (Lipinski definition) is 5. The highest BCUT2D eigenvalue weighted by molar-refractivity contribution is 7.89. The molecule has 0 aliphatic carbocycles. The van der Waals surface area contributed by atoms with Gasteiger partial charge in [-0.3, -0.25) is 4.79 Å². The van der Waals surface area contributed by atoms with Crippen LogP contribution in [0.2, 0.25) is 5.02 Å². The number of fused-ring (bicyclic) bond motifs is 1. The molecule has 1 aliphatic heterocycles. The fourth-order valence-electron chi connectivity index (χ4n) is 3.62. The topological polar surface area (TPSA) is 75.5 Å². The number of hydrogen-bond donors (Lipinski definition) is 0. The molecule has 0 bridgehead atoms. The lowest BCUT2D eigenvalue weighted by Gasteiger charge is -2.34. The number of halogens is 1. The van der Waals surface area contributed by atoms with Crippen molar-refractivity contribution in [3.05, 3.63) is 63.9 Å². The van der Waals surface area contributed by atoms with E-state index in [1.165, 1.54) is 10.4 Å². The van der Waals surface area contributed by atoms with Crippen molar-refractivity contribution in [1.82, 2.24) is 13.9 Å². The molecule has 0 saturated carbocycles. The van der Waals surface area contributed by atoms with Crippen molar-refractivity contribution in [3.8, 4) is 0 Å². The van der Waals surface area contributed by atoms with Crippen molar-refractivity contribution < 1.29 is 8.42 Å². The van der Waals surface area contributed by atoms with E-state index in [0.717, 1.165) is 11.0 Å². The van der Waals surface area contributed by atoms with Crippen LogP contribution in [0.1, 0.15) is 6.92 Å². The third kappa shape index (κ3) is 3.63. The van der Waals surface area contributed by atoms with Gasteiger partial charge in [-0.15, -0.1) is 0 Å². The van der Waals surface area contributed by atoms with Crippen molar-refractivity contribution in [2.75, 3.05) is 31.1 Å². The molecule has 29 heavy (non-hydrogen) atoms. The van der Waals surface area contributed by atoms with Gasteiger partial charge in [0, 0.05) is 37.7 Å². The number of aryl methyl sites for hydroxylation is 1. The molecule has 1 saturated heterocycles. The summed E-state index contributed by atoms with van der Waals surface area (Å²) in [6.45, 7) is 3.79. The first-order valence-electron chi connectivity index (χ1n) is 9.42. The zero-order valence-corrected chi connectivity index (χ0v) is 17.5. The maximum Gasteiger partial charge on any atom is 0.293 e. The van der Waals surface area contributed by atoms with Crippen LogP contribution in [0.5, 0.6) is 0 Å². The van der Waals surface area contributed by atoms with Gasteiger partial charge >= 0.3 is 0 Å². The summed E-state index contributed by atoms with van der Waals surface area (Å²) >= 11 is 5.95. The average Bonchev–Trinajstić information content (AvgIpc) is 2.73. The van der Waals surface area contributed by atoms with E-state index in [2.05, 4.69) is 4.98 Å². The van der Waals surface area contributed by atoms with Gasteiger partial charge in [-0.1, -0.05) is 29.8 Å². The van der Waals surface area contributed by atoms with Crippen LogP contribution in [0.3, 0.4) is 0 Å². The number of anilines is 1. The predicted molar refractivity (Wildman–Crippen MR) is 114 cm³/mol. The highest BCUT2D eigenvalue weighted by Gasteiger charge is 2.30. The van der Waals surface area contributed by atoms with E-state index in [4.69, 9.17) is 11.6 Å². The van der Waals surface area contributed by atoms with E-state index in [1.54, 1.807) is 22.8 Å². The summed E-state index contributed by atoms with van der Waals surface area (Å²) < 4.78 is 28.9. The Morgan fingerprint density at radius 2 is 1.76 bits per heavy atom. The van der Waals surface area contributed by atoms with E-state index in [9.17, 15) is 13.2 Å². The van der Waals surface area contributed by atoms with E-state index in [1.807, 2.05) is 36.1 Å². The van der Waals surface area contributed by atoms with E-state index in [-0.39, 0.29) is 23.5 Å². The molecule has 0 radical (unpaired) electrons. The molecule has 0 N–H and O–H groups in total. The quantitative estimate of drug-likeness (QED) is 0.633. The van der Waals surface area contributed by atoms with Gasteiger partial charge in [0.15, 0.2) is 5.82 Å². The number of aromatic nitrogens is 2. The Hall–Kier alpha value is -2.42. The smallest absolute Gasteiger partial charge is 0.293 e. The molecule has 1 aromatic heterocycles. The standard InChI is InChI=1S/C20H21ClN4O3S/c1-2-25-18-9-4-3-8-17(18)22-19(20(25)26)23-10-12-24(13-11-23)29(27,28)16-7-5-6-15(21)14-16/h3-9,14H,2,10-13H2,1H3. The van der Waals surface area contributed by atoms with Crippen molar-refractivity contribution in [1.29, 1.82) is 0 Å². The average molecular weight is 433 g/mol. The lowest BCUT2D eigenvalue weighted by molar-refractivity contribution is 0.383. The van der Waals surface area contributed by atoms with Gasteiger partial charge < -0.3 is 9.47 Å².